The summed E-state index contributed by atoms with van der Waals surface area (Å²) in [5.74, 6) is 1.96. The number of aromatic nitrogens is 3. The smallest absolute Gasteiger partial charge is 0.226 e. The number of nitrogens with zero attached hydrogens (tertiary/aromatic N) is 4. The molecular formula is C21H29N5O. The fraction of sp³-hybridized carbons (Fsp3) is 0.571. The molecule has 1 saturated carbocycles. The molecule has 1 fully saturated rings. The summed E-state index contributed by atoms with van der Waals surface area (Å²) in [5, 5.41) is 2.96. The molecule has 1 atom stereocenters. The maximum absolute atomic E-state index is 12.3. The average Bonchev–Trinajstić information content (AvgIpc) is 3.33. The van der Waals surface area contributed by atoms with Gasteiger partial charge in [-0.25, -0.2) is 4.98 Å². The fourth-order valence-corrected chi connectivity index (χ4v) is 4.38. The molecule has 0 radical (unpaired) electrons. The van der Waals surface area contributed by atoms with Crippen molar-refractivity contribution in [3.63, 3.8) is 0 Å². The maximum Gasteiger partial charge on any atom is 0.226 e. The zero-order valence-electron chi connectivity index (χ0n) is 16.1. The van der Waals surface area contributed by atoms with E-state index >= 15 is 0 Å². The largest absolute Gasteiger partial charge is 0.352 e. The van der Waals surface area contributed by atoms with Gasteiger partial charge in [0.15, 0.2) is 0 Å². The van der Waals surface area contributed by atoms with E-state index in [0.717, 1.165) is 36.1 Å². The first-order valence-corrected chi connectivity index (χ1v) is 10.1. The fourth-order valence-electron chi connectivity index (χ4n) is 4.38. The Morgan fingerprint density at radius 2 is 2.15 bits per heavy atom. The van der Waals surface area contributed by atoms with Crippen molar-refractivity contribution >= 4 is 5.91 Å². The van der Waals surface area contributed by atoms with Gasteiger partial charge >= 0.3 is 0 Å². The van der Waals surface area contributed by atoms with Crippen LogP contribution in [0.25, 0.3) is 0 Å². The number of nitrogens with one attached hydrogen (secondary N) is 1. The van der Waals surface area contributed by atoms with Gasteiger partial charge in [0.2, 0.25) is 5.91 Å². The lowest BCUT2D eigenvalue weighted by molar-refractivity contribution is -0.120. The molecule has 0 saturated heterocycles. The second kappa shape index (κ2) is 8.21. The van der Waals surface area contributed by atoms with E-state index in [-0.39, 0.29) is 5.91 Å². The molecule has 1 unspecified atom stereocenters. The molecule has 2 aromatic rings. The van der Waals surface area contributed by atoms with Gasteiger partial charge in [-0.1, -0.05) is 18.9 Å². The van der Waals surface area contributed by atoms with Gasteiger partial charge in [0.25, 0.3) is 0 Å². The zero-order valence-corrected chi connectivity index (χ0v) is 16.1. The second-order valence-corrected chi connectivity index (χ2v) is 7.92. The zero-order chi connectivity index (χ0) is 18.6. The van der Waals surface area contributed by atoms with Crippen LogP contribution in [0.3, 0.4) is 0 Å². The second-order valence-electron chi connectivity index (χ2n) is 7.92. The quantitative estimate of drug-likeness (QED) is 0.853. The predicted molar refractivity (Wildman–Crippen MR) is 104 cm³/mol. The van der Waals surface area contributed by atoms with Crippen LogP contribution in [0.1, 0.15) is 55.7 Å². The van der Waals surface area contributed by atoms with Crippen LogP contribution in [0.15, 0.2) is 30.7 Å². The Morgan fingerprint density at radius 3 is 2.93 bits per heavy atom. The van der Waals surface area contributed by atoms with Crippen molar-refractivity contribution < 1.29 is 4.79 Å². The molecule has 0 bridgehead atoms. The highest BCUT2D eigenvalue weighted by molar-refractivity contribution is 5.78. The van der Waals surface area contributed by atoms with E-state index in [2.05, 4.69) is 32.9 Å². The SMILES string of the molecule is CC1c2nc(CC(=O)NCc3cccnc3)cn2CCN1CC1CCCC1. The van der Waals surface area contributed by atoms with E-state index in [1.807, 2.05) is 12.1 Å². The molecule has 2 aliphatic rings. The number of fused-ring (bicyclic) bond motifs is 1. The molecule has 0 spiro atoms. The summed E-state index contributed by atoms with van der Waals surface area (Å²) in [7, 11) is 0. The van der Waals surface area contributed by atoms with Gasteiger partial charge in [-0.05, 0) is 37.3 Å². The number of amides is 1. The van der Waals surface area contributed by atoms with Crippen molar-refractivity contribution in [1.29, 1.82) is 0 Å². The monoisotopic (exact) mass is 367 g/mol. The standard InChI is InChI=1S/C21H29N5O/c1-16-21-24-19(11-20(27)23-13-18-7-4-8-22-12-18)15-26(21)10-9-25(16)14-17-5-2-3-6-17/h4,7-8,12,15-17H,2-3,5-6,9-11,13-14H2,1H3,(H,23,27). The van der Waals surface area contributed by atoms with Crippen molar-refractivity contribution in [1.82, 2.24) is 24.8 Å². The Morgan fingerprint density at radius 1 is 1.30 bits per heavy atom. The van der Waals surface area contributed by atoms with Gasteiger partial charge in [0.1, 0.15) is 5.82 Å². The summed E-state index contributed by atoms with van der Waals surface area (Å²) in [4.78, 5) is 23.7. The minimum Gasteiger partial charge on any atom is -0.352 e. The van der Waals surface area contributed by atoms with E-state index in [1.54, 1.807) is 12.4 Å². The van der Waals surface area contributed by atoms with Crippen LogP contribution >= 0.6 is 0 Å². The van der Waals surface area contributed by atoms with Gasteiger partial charge in [-0.15, -0.1) is 0 Å². The van der Waals surface area contributed by atoms with Crippen molar-refractivity contribution in [2.45, 2.75) is 58.2 Å². The van der Waals surface area contributed by atoms with Crippen LogP contribution in [0.5, 0.6) is 0 Å². The molecule has 6 nitrogen and oxygen atoms in total. The molecule has 1 aliphatic carbocycles. The third-order valence-electron chi connectivity index (χ3n) is 5.93. The highest BCUT2D eigenvalue weighted by Gasteiger charge is 2.29. The molecule has 4 rings (SSSR count). The Balaban J connectivity index is 1.34. The third-order valence-corrected chi connectivity index (χ3v) is 5.93. The number of hydrogen-bond acceptors (Lipinski definition) is 4. The van der Waals surface area contributed by atoms with E-state index < -0.39 is 0 Å². The summed E-state index contributed by atoms with van der Waals surface area (Å²) in [6.07, 6.45) is 11.4. The number of carbonyl (C=O) groups is 1. The first kappa shape index (κ1) is 18.2. The minimum atomic E-state index is 0.00441. The first-order valence-electron chi connectivity index (χ1n) is 10.1. The number of pyridine rings is 1. The molecule has 0 aromatic carbocycles. The van der Waals surface area contributed by atoms with Crippen LogP contribution in [0, 0.1) is 5.92 Å². The van der Waals surface area contributed by atoms with E-state index in [1.165, 1.54) is 32.2 Å². The lowest BCUT2D eigenvalue weighted by Gasteiger charge is -2.35. The Kier molecular flexibility index (Phi) is 5.53. The van der Waals surface area contributed by atoms with Crippen LogP contribution in [-0.4, -0.2) is 38.4 Å². The average molecular weight is 367 g/mol. The summed E-state index contributed by atoms with van der Waals surface area (Å²) in [6.45, 7) is 5.99. The summed E-state index contributed by atoms with van der Waals surface area (Å²) < 4.78 is 2.24. The van der Waals surface area contributed by atoms with Gasteiger partial charge in [0.05, 0.1) is 18.2 Å². The van der Waals surface area contributed by atoms with Gasteiger partial charge in [-0.3, -0.25) is 14.7 Å². The van der Waals surface area contributed by atoms with E-state index in [0.29, 0.717) is 19.0 Å². The van der Waals surface area contributed by atoms with Gasteiger partial charge in [-0.2, -0.15) is 0 Å². The molecular weight excluding hydrogens is 338 g/mol. The Bertz CT molecular complexity index is 766. The predicted octanol–water partition coefficient (Wildman–Crippen LogP) is 2.70. The molecule has 144 valence electrons. The molecule has 2 aromatic heterocycles. The van der Waals surface area contributed by atoms with Crippen LogP contribution in [0.4, 0.5) is 0 Å². The van der Waals surface area contributed by atoms with Crippen LogP contribution in [0.2, 0.25) is 0 Å². The van der Waals surface area contributed by atoms with E-state index in [9.17, 15) is 4.79 Å². The van der Waals surface area contributed by atoms with Gasteiger partial charge < -0.3 is 9.88 Å². The topological polar surface area (TPSA) is 63.1 Å². The highest BCUT2D eigenvalue weighted by Crippen LogP contribution is 2.30. The molecule has 1 aliphatic heterocycles. The highest BCUT2D eigenvalue weighted by atomic mass is 16.1. The molecule has 27 heavy (non-hydrogen) atoms. The first-order chi connectivity index (χ1) is 13.2. The van der Waals surface area contributed by atoms with Crippen LogP contribution in [-0.2, 0) is 24.3 Å². The van der Waals surface area contributed by atoms with Crippen molar-refractivity contribution in [2.24, 2.45) is 5.92 Å². The summed E-state index contributed by atoms with van der Waals surface area (Å²) in [6, 6.07) is 4.17. The number of rotatable bonds is 6. The maximum atomic E-state index is 12.3. The number of hydrogen-bond donors (Lipinski definition) is 1. The van der Waals surface area contributed by atoms with Crippen LogP contribution < -0.4 is 5.32 Å². The van der Waals surface area contributed by atoms with Crippen molar-refractivity contribution in [3.05, 3.63) is 47.8 Å². The van der Waals surface area contributed by atoms with Gasteiger partial charge in [0, 0.05) is 44.8 Å². The van der Waals surface area contributed by atoms with Crippen molar-refractivity contribution in [2.75, 3.05) is 13.1 Å². The normalized spacial score (nSPS) is 20.6. The Labute approximate surface area is 161 Å². The van der Waals surface area contributed by atoms with E-state index in [4.69, 9.17) is 4.98 Å². The third kappa shape index (κ3) is 4.38. The molecule has 6 heteroatoms. The molecule has 1 N–H and O–H groups in total. The lowest BCUT2D eigenvalue weighted by Crippen LogP contribution is -2.39. The molecule has 1 amide bonds. The molecule has 3 heterocycles. The summed E-state index contributed by atoms with van der Waals surface area (Å²) >= 11 is 0. The minimum absolute atomic E-state index is 0.00441. The number of imidazole rings is 1. The lowest BCUT2D eigenvalue weighted by atomic mass is 10.1. The summed E-state index contributed by atoms with van der Waals surface area (Å²) in [5.41, 5.74) is 1.87. The van der Waals surface area contributed by atoms with Crippen molar-refractivity contribution in [3.8, 4) is 0 Å². The Hall–Kier alpha value is -2.21. The number of carbonyl (C=O) groups excluding carboxylic acids is 1.